The fraction of sp³-hybridized carbons (Fsp3) is 0.632. The molecule has 4 nitrogen and oxygen atoms in total. The zero-order valence-electron chi connectivity index (χ0n) is 14.8. The van der Waals surface area contributed by atoms with Crippen molar-refractivity contribution in [3.05, 3.63) is 35.9 Å². The van der Waals surface area contributed by atoms with Crippen molar-refractivity contribution >= 4 is 6.09 Å². The van der Waals surface area contributed by atoms with Crippen LogP contribution in [0.3, 0.4) is 0 Å². The van der Waals surface area contributed by atoms with Crippen LogP contribution in [-0.2, 0) is 4.74 Å². The van der Waals surface area contributed by atoms with Crippen molar-refractivity contribution in [2.24, 2.45) is 0 Å². The van der Waals surface area contributed by atoms with Gasteiger partial charge in [-0.2, -0.15) is 0 Å². The highest BCUT2D eigenvalue weighted by atomic mass is 16.6. The first-order chi connectivity index (χ1) is 10.9. The molecule has 1 aromatic rings. The van der Waals surface area contributed by atoms with Crippen molar-refractivity contribution in [3.8, 4) is 0 Å². The summed E-state index contributed by atoms with van der Waals surface area (Å²) in [5.74, 6) is 0. The highest BCUT2D eigenvalue weighted by Gasteiger charge is 2.34. The number of nitrogens with zero attached hydrogens (tertiary/aromatic N) is 1. The minimum absolute atomic E-state index is 0.170. The number of carbonyl (C=O) groups is 1. The van der Waals surface area contributed by atoms with Gasteiger partial charge in [-0.05, 0) is 59.1 Å². The molecule has 1 aliphatic rings. The number of benzene rings is 1. The Morgan fingerprint density at radius 1 is 1.30 bits per heavy atom. The largest absolute Gasteiger partial charge is 0.444 e. The Labute approximate surface area is 140 Å². The maximum absolute atomic E-state index is 12.3. The number of carbonyl (C=O) groups excluding carboxylic acids is 1. The normalized spacial score (nSPS) is 16.0. The molecule has 2 rings (SSSR count). The molecule has 0 aromatic heterocycles. The lowest BCUT2D eigenvalue weighted by Gasteiger charge is -2.27. The molecule has 1 aromatic carbocycles. The fourth-order valence-corrected chi connectivity index (χ4v) is 2.56. The Hall–Kier alpha value is -1.55. The Morgan fingerprint density at radius 2 is 1.96 bits per heavy atom. The first-order valence-electron chi connectivity index (χ1n) is 8.65. The van der Waals surface area contributed by atoms with Crippen LogP contribution in [0.2, 0.25) is 0 Å². The number of rotatable bonds is 7. The molecule has 128 valence electrons. The highest BCUT2D eigenvalue weighted by molar-refractivity contribution is 5.69. The predicted molar refractivity (Wildman–Crippen MR) is 93.4 cm³/mol. The van der Waals surface area contributed by atoms with Crippen molar-refractivity contribution in [3.63, 3.8) is 0 Å². The van der Waals surface area contributed by atoms with Gasteiger partial charge in [0.2, 0.25) is 0 Å². The van der Waals surface area contributed by atoms with Crippen molar-refractivity contribution in [1.82, 2.24) is 10.2 Å². The molecule has 0 aliphatic heterocycles. The van der Waals surface area contributed by atoms with Gasteiger partial charge in [0.05, 0.1) is 0 Å². The summed E-state index contributed by atoms with van der Waals surface area (Å²) in [7, 11) is 0. The van der Waals surface area contributed by atoms with Gasteiger partial charge in [0, 0.05) is 18.6 Å². The van der Waals surface area contributed by atoms with E-state index in [1.807, 2.05) is 31.7 Å². The van der Waals surface area contributed by atoms with Crippen molar-refractivity contribution < 1.29 is 9.53 Å². The van der Waals surface area contributed by atoms with Crippen LogP contribution in [0.5, 0.6) is 0 Å². The maximum atomic E-state index is 12.3. The van der Waals surface area contributed by atoms with Crippen LogP contribution < -0.4 is 5.32 Å². The van der Waals surface area contributed by atoms with E-state index in [4.69, 9.17) is 4.74 Å². The number of ether oxygens (including phenoxy) is 1. The average molecular weight is 318 g/mol. The second kappa shape index (κ2) is 7.82. The van der Waals surface area contributed by atoms with Crippen LogP contribution in [0.1, 0.15) is 58.6 Å². The SMILES string of the molecule is CC(NCCCN(C(=O)OC(C)(C)C)C1CC1)c1ccccc1. The second-order valence-electron chi connectivity index (χ2n) is 7.34. The van der Waals surface area contributed by atoms with Gasteiger partial charge < -0.3 is 15.0 Å². The first kappa shape index (κ1) is 17.8. The van der Waals surface area contributed by atoms with Crippen LogP contribution in [-0.4, -0.2) is 35.7 Å². The molecule has 1 amide bonds. The third-order valence-corrected chi connectivity index (χ3v) is 3.94. The molecule has 1 aliphatic carbocycles. The van der Waals surface area contributed by atoms with E-state index in [9.17, 15) is 4.79 Å². The van der Waals surface area contributed by atoms with Crippen LogP contribution in [0.15, 0.2) is 30.3 Å². The molecular formula is C19H30N2O2. The lowest BCUT2D eigenvalue weighted by atomic mass is 10.1. The summed E-state index contributed by atoms with van der Waals surface area (Å²) < 4.78 is 5.52. The Bertz CT molecular complexity index is 492. The molecule has 1 unspecified atom stereocenters. The summed E-state index contributed by atoms with van der Waals surface area (Å²) in [5.41, 5.74) is 0.864. The van der Waals surface area contributed by atoms with Crippen LogP contribution in [0, 0.1) is 0 Å². The molecule has 23 heavy (non-hydrogen) atoms. The molecule has 0 spiro atoms. The lowest BCUT2D eigenvalue weighted by molar-refractivity contribution is 0.0232. The van der Waals surface area contributed by atoms with Gasteiger partial charge in [-0.15, -0.1) is 0 Å². The van der Waals surface area contributed by atoms with Gasteiger partial charge in [-0.25, -0.2) is 4.79 Å². The van der Waals surface area contributed by atoms with Gasteiger partial charge in [-0.1, -0.05) is 30.3 Å². The Morgan fingerprint density at radius 3 is 2.52 bits per heavy atom. The van der Waals surface area contributed by atoms with Crippen molar-refractivity contribution in [2.45, 2.75) is 64.6 Å². The standard InChI is InChI=1S/C19H30N2O2/c1-15(16-9-6-5-7-10-16)20-13-8-14-21(17-11-12-17)18(22)23-19(2,3)4/h5-7,9-10,15,17,20H,8,11-14H2,1-4H3. The summed E-state index contributed by atoms with van der Waals surface area (Å²) in [6.07, 6.45) is 2.98. The van der Waals surface area contributed by atoms with Gasteiger partial charge >= 0.3 is 6.09 Å². The first-order valence-corrected chi connectivity index (χ1v) is 8.65. The molecule has 0 bridgehead atoms. The van der Waals surface area contributed by atoms with E-state index in [0.29, 0.717) is 12.1 Å². The van der Waals surface area contributed by atoms with E-state index in [1.165, 1.54) is 5.56 Å². The molecule has 0 radical (unpaired) electrons. The molecule has 0 saturated heterocycles. The molecule has 1 saturated carbocycles. The van der Waals surface area contributed by atoms with Gasteiger partial charge in [0.15, 0.2) is 0 Å². The molecule has 1 N–H and O–H groups in total. The Balaban J connectivity index is 1.73. The smallest absolute Gasteiger partial charge is 0.410 e. The van der Waals surface area contributed by atoms with Gasteiger partial charge in [-0.3, -0.25) is 0 Å². The predicted octanol–water partition coefficient (Wildman–Crippen LogP) is 4.13. The zero-order chi connectivity index (χ0) is 16.9. The maximum Gasteiger partial charge on any atom is 0.410 e. The van der Waals surface area contributed by atoms with Crippen molar-refractivity contribution in [2.75, 3.05) is 13.1 Å². The topological polar surface area (TPSA) is 41.6 Å². The minimum Gasteiger partial charge on any atom is -0.444 e. The number of nitrogens with one attached hydrogen (secondary N) is 1. The average Bonchev–Trinajstić information content (AvgIpc) is 3.30. The molecule has 1 fully saturated rings. The fourth-order valence-electron chi connectivity index (χ4n) is 2.56. The molecule has 4 heteroatoms. The lowest BCUT2D eigenvalue weighted by Crippen LogP contribution is -2.39. The van der Waals surface area contributed by atoms with Gasteiger partial charge in [0.1, 0.15) is 5.60 Å². The molecule has 1 atom stereocenters. The van der Waals surface area contributed by atoms with Crippen LogP contribution in [0.25, 0.3) is 0 Å². The number of amides is 1. The Kier molecular flexibility index (Phi) is 6.05. The summed E-state index contributed by atoms with van der Waals surface area (Å²) in [6, 6.07) is 11.1. The quantitative estimate of drug-likeness (QED) is 0.769. The highest BCUT2D eigenvalue weighted by Crippen LogP contribution is 2.28. The number of hydrogen-bond acceptors (Lipinski definition) is 3. The van der Waals surface area contributed by atoms with Gasteiger partial charge in [0.25, 0.3) is 0 Å². The zero-order valence-corrected chi connectivity index (χ0v) is 14.8. The summed E-state index contributed by atoms with van der Waals surface area (Å²) >= 11 is 0. The van der Waals surface area contributed by atoms with E-state index >= 15 is 0 Å². The van der Waals surface area contributed by atoms with Crippen LogP contribution in [0.4, 0.5) is 4.79 Å². The molecular weight excluding hydrogens is 288 g/mol. The summed E-state index contributed by atoms with van der Waals surface area (Å²) in [6.45, 7) is 9.56. The van der Waals surface area contributed by atoms with Crippen LogP contribution >= 0.6 is 0 Å². The second-order valence-corrected chi connectivity index (χ2v) is 7.34. The van der Waals surface area contributed by atoms with E-state index < -0.39 is 5.60 Å². The molecule has 0 heterocycles. The summed E-state index contributed by atoms with van der Waals surface area (Å²) in [4.78, 5) is 14.2. The number of hydrogen-bond donors (Lipinski definition) is 1. The third kappa shape index (κ3) is 6.22. The third-order valence-electron chi connectivity index (χ3n) is 3.94. The summed E-state index contributed by atoms with van der Waals surface area (Å²) in [5, 5.41) is 3.52. The van der Waals surface area contributed by atoms with E-state index in [0.717, 1.165) is 32.4 Å². The monoisotopic (exact) mass is 318 g/mol. The van der Waals surface area contributed by atoms with E-state index in [-0.39, 0.29) is 6.09 Å². The minimum atomic E-state index is -0.426. The van der Waals surface area contributed by atoms with E-state index in [1.54, 1.807) is 0 Å². The van der Waals surface area contributed by atoms with E-state index in [2.05, 4.69) is 36.5 Å². The van der Waals surface area contributed by atoms with Crippen molar-refractivity contribution in [1.29, 1.82) is 0 Å².